The molecule has 220 valence electrons. The van der Waals surface area contributed by atoms with Crippen LogP contribution in [0.1, 0.15) is 99.2 Å². The molecular weight excluding hydrogens is 514 g/mol. The highest BCUT2D eigenvalue weighted by molar-refractivity contribution is 5.96. The van der Waals surface area contributed by atoms with Crippen molar-refractivity contribution in [3.8, 4) is 0 Å². The third-order valence-corrected chi connectivity index (χ3v) is 7.70. The number of rotatable bonds is 13. The van der Waals surface area contributed by atoms with Crippen molar-refractivity contribution < 1.29 is 33.4 Å². The van der Waals surface area contributed by atoms with Gasteiger partial charge in [0.1, 0.15) is 23.3 Å². The predicted octanol–water partition coefficient (Wildman–Crippen LogP) is 3.56. The van der Waals surface area contributed by atoms with E-state index < -0.39 is 42.3 Å². The lowest BCUT2D eigenvalue weighted by atomic mass is 9.82. The summed E-state index contributed by atoms with van der Waals surface area (Å²) in [4.78, 5) is 73.5. The average Bonchev–Trinajstić information content (AvgIpc) is 3.42. The van der Waals surface area contributed by atoms with Gasteiger partial charge >= 0.3 is 5.97 Å². The van der Waals surface area contributed by atoms with Crippen LogP contribution in [0.3, 0.4) is 0 Å². The van der Waals surface area contributed by atoms with Gasteiger partial charge < -0.3 is 14.8 Å². The number of nitrogens with zero attached hydrogens (tertiary/aromatic N) is 2. The van der Waals surface area contributed by atoms with E-state index in [2.05, 4.69) is 15.3 Å². The number of esters is 1. The van der Waals surface area contributed by atoms with E-state index in [1.807, 2.05) is 13.8 Å². The summed E-state index contributed by atoms with van der Waals surface area (Å²) in [5.74, 6) is -1.99. The monoisotopic (exact) mass is 557 g/mol. The van der Waals surface area contributed by atoms with Gasteiger partial charge in [0, 0.05) is 31.3 Å². The van der Waals surface area contributed by atoms with Gasteiger partial charge in [0.05, 0.1) is 17.4 Å². The van der Waals surface area contributed by atoms with Crippen molar-refractivity contribution in [3.63, 3.8) is 0 Å². The molecule has 2 fully saturated rings. The minimum atomic E-state index is -1.02. The summed E-state index contributed by atoms with van der Waals surface area (Å²) in [6.45, 7) is 8.97. The number of hydrogen-bond donors (Lipinski definition) is 1. The molecule has 0 aromatic carbocycles. The molecule has 2 heterocycles. The quantitative estimate of drug-likeness (QED) is 0.360. The molecule has 40 heavy (non-hydrogen) atoms. The zero-order valence-electron chi connectivity index (χ0n) is 24.4. The molecule has 1 amide bonds. The Hall–Kier alpha value is -3.01. The third-order valence-electron chi connectivity index (χ3n) is 7.70. The van der Waals surface area contributed by atoms with Gasteiger partial charge in [-0.05, 0) is 65.2 Å². The maximum atomic E-state index is 13.5. The Labute approximate surface area is 236 Å². The lowest BCUT2D eigenvalue weighted by molar-refractivity contribution is -0.136. The predicted molar refractivity (Wildman–Crippen MR) is 147 cm³/mol. The minimum absolute atomic E-state index is 0.0267. The Morgan fingerprint density at radius 2 is 1.73 bits per heavy atom. The van der Waals surface area contributed by atoms with Crippen molar-refractivity contribution in [2.75, 3.05) is 13.2 Å². The second-order valence-electron chi connectivity index (χ2n) is 11.6. The Morgan fingerprint density at radius 3 is 2.33 bits per heavy atom. The summed E-state index contributed by atoms with van der Waals surface area (Å²) in [5.41, 5.74) is 1.10. The Bertz CT molecular complexity index is 1090. The van der Waals surface area contributed by atoms with Crippen LogP contribution < -0.4 is 5.32 Å². The highest BCUT2D eigenvalue weighted by atomic mass is 16.5. The summed E-state index contributed by atoms with van der Waals surface area (Å²) in [6, 6.07) is -1.02. The molecule has 1 aliphatic heterocycles. The van der Waals surface area contributed by atoms with Crippen LogP contribution in [0.2, 0.25) is 0 Å². The number of ether oxygens (including phenoxy) is 2. The fourth-order valence-corrected chi connectivity index (χ4v) is 5.70. The maximum Gasteiger partial charge on any atom is 0.342 e. The molecule has 0 unspecified atom stereocenters. The van der Waals surface area contributed by atoms with Crippen molar-refractivity contribution in [2.45, 2.75) is 105 Å². The summed E-state index contributed by atoms with van der Waals surface area (Å²) in [5, 5.41) is 2.83. The molecule has 1 aliphatic carbocycles. The fourth-order valence-electron chi connectivity index (χ4n) is 5.70. The van der Waals surface area contributed by atoms with Gasteiger partial charge in [-0.3, -0.25) is 19.2 Å². The second kappa shape index (κ2) is 14.6. The highest BCUT2D eigenvalue weighted by Crippen LogP contribution is 2.26. The standard InChI is InChI=1S/C30H43N3O7/c1-17(2)13-22(15-25(35)27-11-8-12-39-27)29(37)33-23(14-21-9-6-7-10-24(21)34)26(36)16-40-30(38)28-18(3)31-20(5)32-19(28)4/h17,21-23,27H,6-16H2,1-5H3,(H,33,37)/t21-,22+,23-,27+/m0/s1. The van der Waals surface area contributed by atoms with Crippen LogP contribution >= 0.6 is 0 Å². The molecule has 0 bridgehead atoms. The largest absolute Gasteiger partial charge is 0.454 e. The van der Waals surface area contributed by atoms with E-state index in [0.29, 0.717) is 49.5 Å². The zero-order chi connectivity index (χ0) is 29.4. The van der Waals surface area contributed by atoms with Gasteiger partial charge in [-0.15, -0.1) is 0 Å². The Balaban J connectivity index is 1.73. The van der Waals surface area contributed by atoms with Crippen molar-refractivity contribution in [2.24, 2.45) is 17.8 Å². The number of Topliss-reactive ketones (excluding diaryl/α,β-unsaturated/α-hetero) is 3. The number of aryl methyl sites for hydroxylation is 3. The summed E-state index contributed by atoms with van der Waals surface area (Å²) in [6.07, 6.45) is 4.39. The SMILES string of the molecule is Cc1nc(C)c(C(=O)OCC(=O)[C@H](C[C@@H]2CCCCC2=O)NC(=O)[C@@H](CC(=O)[C@H]2CCCO2)CC(C)C)c(C)n1. The summed E-state index contributed by atoms with van der Waals surface area (Å²) >= 11 is 0. The molecule has 1 N–H and O–H groups in total. The Morgan fingerprint density at radius 1 is 1.02 bits per heavy atom. The van der Waals surface area contributed by atoms with Crippen LogP contribution in [0, 0.1) is 38.5 Å². The molecule has 4 atom stereocenters. The van der Waals surface area contributed by atoms with Crippen LogP contribution in [-0.4, -0.2) is 64.6 Å². The van der Waals surface area contributed by atoms with Crippen LogP contribution in [0.5, 0.6) is 0 Å². The van der Waals surface area contributed by atoms with Crippen LogP contribution in [0.15, 0.2) is 0 Å². The average molecular weight is 558 g/mol. The summed E-state index contributed by atoms with van der Waals surface area (Å²) in [7, 11) is 0. The number of amides is 1. The van der Waals surface area contributed by atoms with E-state index in [-0.39, 0.29) is 41.8 Å². The van der Waals surface area contributed by atoms with E-state index in [1.54, 1.807) is 20.8 Å². The van der Waals surface area contributed by atoms with Gasteiger partial charge in [0.15, 0.2) is 18.2 Å². The Kier molecular flexibility index (Phi) is 11.5. The molecule has 10 nitrogen and oxygen atoms in total. The second-order valence-corrected chi connectivity index (χ2v) is 11.6. The molecule has 1 saturated heterocycles. The first-order chi connectivity index (χ1) is 19.0. The number of carbonyl (C=O) groups is 5. The molecule has 2 aliphatic rings. The topological polar surface area (TPSA) is 142 Å². The first-order valence-corrected chi connectivity index (χ1v) is 14.4. The van der Waals surface area contributed by atoms with Gasteiger partial charge in [-0.1, -0.05) is 20.3 Å². The normalized spacial score (nSPS) is 20.7. The first-order valence-electron chi connectivity index (χ1n) is 14.4. The van der Waals surface area contributed by atoms with Crippen molar-refractivity contribution in [3.05, 3.63) is 22.8 Å². The van der Waals surface area contributed by atoms with Crippen LogP contribution in [-0.2, 0) is 28.7 Å². The van der Waals surface area contributed by atoms with E-state index >= 15 is 0 Å². The zero-order valence-corrected chi connectivity index (χ0v) is 24.4. The molecule has 3 rings (SSSR count). The van der Waals surface area contributed by atoms with Crippen molar-refractivity contribution in [1.29, 1.82) is 0 Å². The van der Waals surface area contributed by atoms with E-state index in [0.717, 1.165) is 19.3 Å². The van der Waals surface area contributed by atoms with E-state index in [1.165, 1.54) is 0 Å². The third kappa shape index (κ3) is 8.74. The number of carbonyl (C=O) groups excluding carboxylic acids is 5. The van der Waals surface area contributed by atoms with Crippen LogP contribution in [0.25, 0.3) is 0 Å². The lowest BCUT2D eigenvalue weighted by Crippen LogP contribution is -2.47. The molecule has 0 spiro atoms. The molecular formula is C30H43N3O7. The lowest BCUT2D eigenvalue weighted by Gasteiger charge is -2.27. The number of aromatic nitrogens is 2. The molecule has 1 aromatic rings. The molecule has 1 saturated carbocycles. The number of hydrogen-bond acceptors (Lipinski definition) is 9. The van der Waals surface area contributed by atoms with Gasteiger partial charge in [0.2, 0.25) is 5.91 Å². The van der Waals surface area contributed by atoms with Crippen molar-refractivity contribution in [1.82, 2.24) is 15.3 Å². The van der Waals surface area contributed by atoms with Gasteiger partial charge in [0.25, 0.3) is 0 Å². The first kappa shape index (κ1) is 31.5. The fraction of sp³-hybridized carbons (Fsp3) is 0.700. The van der Waals surface area contributed by atoms with E-state index in [9.17, 15) is 24.0 Å². The van der Waals surface area contributed by atoms with Crippen molar-refractivity contribution >= 4 is 29.2 Å². The maximum absolute atomic E-state index is 13.5. The van der Waals surface area contributed by atoms with Gasteiger partial charge in [-0.2, -0.15) is 0 Å². The van der Waals surface area contributed by atoms with Crippen LogP contribution in [0.4, 0.5) is 0 Å². The molecule has 10 heteroatoms. The number of ketones is 3. The molecule has 1 aromatic heterocycles. The number of nitrogens with one attached hydrogen (secondary N) is 1. The smallest absolute Gasteiger partial charge is 0.342 e. The van der Waals surface area contributed by atoms with E-state index in [4.69, 9.17) is 9.47 Å². The van der Waals surface area contributed by atoms with Gasteiger partial charge in [-0.25, -0.2) is 14.8 Å². The summed E-state index contributed by atoms with van der Waals surface area (Å²) < 4.78 is 10.9. The minimum Gasteiger partial charge on any atom is -0.454 e. The highest BCUT2D eigenvalue weighted by Gasteiger charge is 2.34. The molecule has 0 radical (unpaired) electrons.